The summed E-state index contributed by atoms with van der Waals surface area (Å²) in [7, 11) is 0. The maximum absolute atomic E-state index is 5.97. The fourth-order valence-electron chi connectivity index (χ4n) is 3.11. The first-order valence-electron chi connectivity index (χ1n) is 9.21. The number of fused-ring (bicyclic) bond motifs is 3. The number of hydrogen-bond donors (Lipinski definition) is 0. The van der Waals surface area contributed by atoms with Crippen molar-refractivity contribution in [3.63, 3.8) is 0 Å². The van der Waals surface area contributed by atoms with Crippen molar-refractivity contribution in [2.75, 3.05) is 18.0 Å². The molecule has 0 aliphatic heterocycles. The van der Waals surface area contributed by atoms with Gasteiger partial charge in [0.1, 0.15) is 11.2 Å². The zero-order valence-corrected chi connectivity index (χ0v) is 15.4. The normalized spacial score (nSPS) is 11.9. The van der Waals surface area contributed by atoms with Crippen molar-refractivity contribution in [3.8, 4) is 0 Å². The average molecular weight is 323 g/mol. The number of anilines is 1. The SMILES string of the molecule is CC(C)CCN(CCC(C)C)c1ccc2oc3ccccc3c2c1. The lowest BCUT2D eigenvalue weighted by Crippen LogP contribution is -2.27. The van der Waals surface area contributed by atoms with Crippen LogP contribution in [0, 0.1) is 11.8 Å². The average Bonchev–Trinajstić information content (AvgIpc) is 2.92. The lowest BCUT2D eigenvalue weighted by atomic mass is 10.1. The van der Waals surface area contributed by atoms with E-state index in [0.717, 1.165) is 36.1 Å². The molecule has 0 bridgehead atoms. The van der Waals surface area contributed by atoms with E-state index in [1.54, 1.807) is 0 Å². The van der Waals surface area contributed by atoms with Gasteiger partial charge in [0.05, 0.1) is 0 Å². The van der Waals surface area contributed by atoms with Gasteiger partial charge >= 0.3 is 0 Å². The molecule has 0 saturated carbocycles. The highest BCUT2D eigenvalue weighted by Crippen LogP contribution is 2.32. The van der Waals surface area contributed by atoms with Gasteiger partial charge in [0.15, 0.2) is 0 Å². The molecule has 0 atom stereocenters. The summed E-state index contributed by atoms with van der Waals surface area (Å²) in [6, 6.07) is 15.0. The molecule has 128 valence electrons. The highest BCUT2D eigenvalue weighted by Gasteiger charge is 2.12. The first-order valence-corrected chi connectivity index (χ1v) is 9.21. The van der Waals surface area contributed by atoms with Gasteiger partial charge in [-0.1, -0.05) is 45.9 Å². The Balaban J connectivity index is 1.94. The van der Waals surface area contributed by atoms with E-state index in [4.69, 9.17) is 4.42 Å². The Morgan fingerprint density at radius 3 is 2.08 bits per heavy atom. The zero-order valence-electron chi connectivity index (χ0n) is 15.4. The lowest BCUT2D eigenvalue weighted by molar-refractivity contribution is 0.535. The molecule has 0 saturated heterocycles. The third-order valence-electron chi connectivity index (χ3n) is 4.68. The monoisotopic (exact) mass is 323 g/mol. The molecule has 0 N–H and O–H groups in total. The largest absolute Gasteiger partial charge is 0.456 e. The number of para-hydroxylation sites is 1. The van der Waals surface area contributed by atoms with E-state index < -0.39 is 0 Å². The van der Waals surface area contributed by atoms with E-state index in [-0.39, 0.29) is 0 Å². The molecule has 0 fully saturated rings. The van der Waals surface area contributed by atoms with Crippen molar-refractivity contribution in [2.45, 2.75) is 40.5 Å². The maximum atomic E-state index is 5.97. The molecule has 0 amide bonds. The van der Waals surface area contributed by atoms with Crippen molar-refractivity contribution >= 4 is 27.6 Å². The van der Waals surface area contributed by atoms with E-state index >= 15 is 0 Å². The summed E-state index contributed by atoms with van der Waals surface area (Å²) in [6.45, 7) is 11.4. The molecule has 0 aliphatic carbocycles. The third-order valence-corrected chi connectivity index (χ3v) is 4.68. The molecule has 2 nitrogen and oxygen atoms in total. The summed E-state index contributed by atoms with van der Waals surface area (Å²) in [5, 5.41) is 2.43. The fourth-order valence-corrected chi connectivity index (χ4v) is 3.11. The molecule has 3 aromatic rings. The van der Waals surface area contributed by atoms with Crippen molar-refractivity contribution < 1.29 is 4.42 Å². The highest BCUT2D eigenvalue weighted by molar-refractivity contribution is 6.05. The van der Waals surface area contributed by atoms with Crippen molar-refractivity contribution in [1.29, 1.82) is 0 Å². The second-order valence-corrected chi connectivity index (χ2v) is 7.63. The molecule has 1 aromatic heterocycles. The number of hydrogen-bond acceptors (Lipinski definition) is 2. The number of rotatable bonds is 7. The van der Waals surface area contributed by atoms with Crippen LogP contribution >= 0.6 is 0 Å². The van der Waals surface area contributed by atoms with Crippen LogP contribution in [0.2, 0.25) is 0 Å². The lowest BCUT2D eigenvalue weighted by Gasteiger charge is -2.26. The van der Waals surface area contributed by atoms with Gasteiger partial charge in [-0.25, -0.2) is 0 Å². The van der Waals surface area contributed by atoms with Crippen LogP contribution in [-0.2, 0) is 0 Å². The summed E-state index contributed by atoms with van der Waals surface area (Å²) in [4.78, 5) is 2.54. The Bertz CT molecular complexity index is 788. The molecule has 2 aromatic carbocycles. The summed E-state index contributed by atoms with van der Waals surface area (Å²) in [5.74, 6) is 1.45. The van der Waals surface area contributed by atoms with Gasteiger partial charge in [-0.05, 0) is 48.9 Å². The summed E-state index contributed by atoms with van der Waals surface area (Å²) < 4.78 is 5.97. The molecule has 0 unspecified atom stereocenters. The Labute approximate surface area is 145 Å². The van der Waals surface area contributed by atoms with Crippen molar-refractivity contribution in [3.05, 3.63) is 42.5 Å². The molecule has 1 heterocycles. The molecule has 24 heavy (non-hydrogen) atoms. The van der Waals surface area contributed by atoms with Gasteiger partial charge in [-0.2, -0.15) is 0 Å². The number of benzene rings is 2. The number of nitrogens with zero attached hydrogens (tertiary/aromatic N) is 1. The van der Waals surface area contributed by atoms with Crippen LogP contribution in [0.25, 0.3) is 21.9 Å². The Kier molecular flexibility index (Phi) is 5.13. The van der Waals surface area contributed by atoms with Gasteiger partial charge in [-0.3, -0.25) is 0 Å². The first-order chi connectivity index (χ1) is 11.5. The third kappa shape index (κ3) is 3.75. The molecule has 0 spiro atoms. The van der Waals surface area contributed by atoms with Crippen LogP contribution < -0.4 is 4.90 Å². The minimum atomic E-state index is 0.727. The van der Waals surface area contributed by atoms with E-state index in [0.29, 0.717) is 0 Å². The van der Waals surface area contributed by atoms with Crippen LogP contribution in [-0.4, -0.2) is 13.1 Å². The van der Waals surface area contributed by atoms with Crippen LogP contribution in [0.15, 0.2) is 46.9 Å². The van der Waals surface area contributed by atoms with Crippen LogP contribution in [0.3, 0.4) is 0 Å². The predicted molar refractivity (Wildman–Crippen MR) is 105 cm³/mol. The minimum Gasteiger partial charge on any atom is -0.456 e. The summed E-state index contributed by atoms with van der Waals surface area (Å²) in [5.41, 5.74) is 3.27. The summed E-state index contributed by atoms with van der Waals surface area (Å²) >= 11 is 0. The molecular formula is C22H29NO. The quantitative estimate of drug-likeness (QED) is 0.494. The van der Waals surface area contributed by atoms with Crippen molar-refractivity contribution in [1.82, 2.24) is 0 Å². The second kappa shape index (κ2) is 7.29. The van der Waals surface area contributed by atoms with Gasteiger partial charge in [0.2, 0.25) is 0 Å². The van der Waals surface area contributed by atoms with E-state index in [2.05, 4.69) is 62.9 Å². The van der Waals surface area contributed by atoms with Gasteiger partial charge in [-0.15, -0.1) is 0 Å². The van der Waals surface area contributed by atoms with E-state index in [1.807, 2.05) is 12.1 Å². The molecule has 0 radical (unpaired) electrons. The van der Waals surface area contributed by atoms with Gasteiger partial charge in [0, 0.05) is 29.5 Å². The Morgan fingerprint density at radius 2 is 1.42 bits per heavy atom. The van der Waals surface area contributed by atoms with E-state index in [9.17, 15) is 0 Å². The Morgan fingerprint density at radius 1 is 0.792 bits per heavy atom. The van der Waals surface area contributed by atoms with Crippen LogP contribution in [0.4, 0.5) is 5.69 Å². The highest BCUT2D eigenvalue weighted by atomic mass is 16.3. The smallest absolute Gasteiger partial charge is 0.135 e. The maximum Gasteiger partial charge on any atom is 0.135 e. The topological polar surface area (TPSA) is 16.4 Å². The molecule has 2 heteroatoms. The standard InChI is InChI=1S/C22H29NO/c1-16(2)11-13-23(14-12-17(3)4)18-9-10-22-20(15-18)19-7-5-6-8-21(19)24-22/h5-10,15-17H,11-14H2,1-4H3. The fraction of sp³-hybridized carbons (Fsp3) is 0.455. The molecule has 3 rings (SSSR count). The second-order valence-electron chi connectivity index (χ2n) is 7.63. The van der Waals surface area contributed by atoms with Crippen molar-refractivity contribution in [2.24, 2.45) is 11.8 Å². The van der Waals surface area contributed by atoms with Gasteiger partial charge in [0.25, 0.3) is 0 Å². The Hall–Kier alpha value is -1.96. The van der Waals surface area contributed by atoms with Crippen LogP contribution in [0.1, 0.15) is 40.5 Å². The van der Waals surface area contributed by atoms with Gasteiger partial charge < -0.3 is 9.32 Å². The zero-order chi connectivity index (χ0) is 17.1. The molecule has 0 aliphatic rings. The number of furan rings is 1. The minimum absolute atomic E-state index is 0.727. The van der Waals surface area contributed by atoms with E-state index in [1.165, 1.54) is 29.3 Å². The summed E-state index contributed by atoms with van der Waals surface area (Å²) in [6.07, 6.45) is 2.45. The van der Waals surface area contributed by atoms with Crippen LogP contribution in [0.5, 0.6) is 0 Å². The molecular weight excluding hydrogens is 294 g/mol. The first kappa shape index (κ1) is 16.9. The predicted octanol–water partition coefficient (Wildman–Crippen LogP) is 6.48.